The van der Waals surface area contributed by atoms with E-state index >= 15 is 0 Å². The van der Waals surface area contributed by atoms with Gasteiger partial charge >= 0.3 is 0 Å². The summed E-state index contributed by atoms with van der Waals surface area (Å²) < 4.78 is 0. The van der Waals surface area contributed by atoms with Crippen LogP contribution in [0.5, 0.6) is 0 Å². The standard InChI is InChI=1S/C14H23N5O2/c1-18(2)9-10-19-11(3-4-13(19)20)5-7-15-14(21)12-6-8-16-17-12/h6,8,11H,3-5,7,9-10H2,1-2H3,(H,15,21)(H,16,17). The fourth-order valence-electron chi connectivity index (χ4n) is 2.54. The predicted molar refractivity (Wildman–Crippen MR) is 78.8 cm³/mol. The number of likely N-dealkylation sites (tertiary alicyclic amines) is 1. The maximum atomic E-state index is 11.9. The predicted octanol–water partition coefficient (Wildman–Crippen LogP) is 0.0822. The van der Waals surface area contributed by atoms with Crippen LogP contribution in [0.1, 0.15) is 29.8 Å². The first kappa shape index (κ1) is 15.5. The average molecular weight is 293 g/mol. The number of nitrogens with zero attached hydrogens (tertiary/aromatic N) is 3. The number of hydrogen-bond acceptors (Lipinski definition) is 4. The molecular formula is C14H23N5O2. The Labute approximate surface area is 124 Å². The molecule has 0 aromatic carbocycles. The normalized spacial score (nSPS) is 18.5. The topological polar surface area (TPSA) is 81.3 Å². The van der Waals surface area contributed by atoms with Crippen molar-refractivity contribution in [3.05, 3.63) is 18.0 Å². The molecule has 1 atom stereocenters. The summed E-state index contributed by atoms with van der Waals surface area (Å²) in [6, 6.07) is 1.87. The van der Waals surface area contributed by atoms with Crippen LogP contribution < -0.4 is 5.32 Å². The van der Waals surface area contributed by atoms with E-state index in [4.69, 9.17) is 0 Å². The van der Waals surface area contributed by atoms with Crippen LogP contribution in [0.25, 0.3) is 0 Å². The first-order valence-corrected chi connectivity index (χ1v) is 7.29. The molecule has 0 aliphatic carbocycles. The number of aromatic nitrogens is 2. The SMILES string of the molecule is CN(C)CCN1C(=O)CCC1CCNC(=O)c1ccn[nH]1. The molecule has 2 N–H and O–H groups in total. The molecule has 2 amide bonds. The van der Waals surface area contributed by atoms with Crippen LogP contribution in [0.2, 0.25) is 0 Å². The number of nitrogens with one attached hydrogen (secondary N) is 2. The molecular weight excluding hydrogens is 270 g/mol. The van der Waals surface area contributed by atoms with Gasteiger partial charge < -0.3 is 15.1 Å². The Hall–Kier alpha value is -1.89. The van der Waals surface area contributed by atoms with Crippen LogP contribution in [0.4, 0.5) is 0 Å². The Balaban J connectivity index is 1.76. The number of likely N-dealkylation sites (N-methyl/N-ethyl adjacent to an activating group) is 1. The van der Waals surface area contributed by atoms with E-state index in [9.17, 15) is 9.59 Å². The number of amides is 2. The fraction of sp³-hybridized carbons (Fsp3) is 0.643. The van der Waals surface area contributed by atoms with Crippen molar-refractivity contribution in [2.75, 3.05) is 33.7 Å². The lowest BCUT2D eigenvalue weighted by atomic mass is 10.1. The fourth-order valence-corrected chi connectivity index (χ4v) is 2.54. The van der Waals surface area contributed by atoms with Gasteiger partial charge in [0, 0.05) is 38.3 Å². The molecule has 0 spiro atoms. The second kappa shape index (κ2) is 7.21. The molecule has 7 nitrogen and oxygen atoms in total. The van der Waals surface area contributed by atoms with E-state index < -0.39 is 0 Å². The third-order valence-electron chi connectivity index (χ3n) is 3.75. The van der Waals surface area contributed by atoms with Crippen molar-refractivity contribution < 1.29 is 9.59 Å². The number of rotatable bonds is 7. The first-order chi connectivity index (χ1) is 10.1. The van der Waals surface area contributed by atoms with Crippen molar-refractivity contribution in [2.24, 2.45) is 0 Å². The summed E-state index contributed by atoms with van der Waals surface area (Å²) in [5.74, 6) is 0.0680. The van der Waals surface area contributed by atoms with E-state index in [1.165, 1.54) is 0 Å². The maximum Gasteiger partial charge on any atom is 0.269 e. The number of H-pyrrole nitrogens is 1. The van der Waals surface area contributed by atoms with Crippen molar-refractivity contribution in [3.8, 4) is 0 Å². The van der Waals surface area contributed by atoms with Crippen LogP contribution >= 0.6 is 0 Å². The highest BCUT2D eigenvalue weighted by molar-refractivity contribution is 5.92. The highest BCUT2D eigenvalue weighted by Gasteiger charge is 2.30. The summed E-state index contributed by atoms with van der Waals surface area (Å²) in [7, 11) is 4.00. The molecule has 1 aromatic heterocycles. The lowest BCUT2D eigenvalue weighted by molar-refractivity contribution is -0.129. The smallest absolute Gasteiger partial charge is 0.269 e. The minimum absolute atomic E-state index is 0.156. The van der Waals surface area contributed by atoms with Gasteiger partial charge in [0.2, 0.25) is 5.91 Å². The largest absolute Gasteiger partial charge is 0.351 e. The highest BCUT2D eigenvalue weighted by Crippen LogP contribution is 2.20. The Morgan fingerprint density at radius 3 is 3.05 bits per heavy atom. The summed E-state index contributed by atoms with van der Waals surface area (Å²) in [4.78, 5) is 27.7. The van der Waals surface area contributed by atoms with Crippen LogP contribution in [-0.2, 0) is 4.79 Å². The van der Waals surface area contributed by atoms with Crippen LogP contribution in [0.15, 0.2) is 12.3 Å². The van der Waals surface area contributed by atoms with Gasteiger partial charge in [-0.05, 0) is 33.0 Å². The van der Waals surface area contributed by atoms with E-state index in [1.807, 2.05) is 19.0 Å². The molecule has 116 valence electrons. The highest BCUT2D eigenvalue weighted by atomic mass is 16.2. The number of hydrogen-bond donors (Lipinski definition) is 2. The van der Waals surface area contributed by atoms with Gasteiger partial charge in [0.05, 0.1) is 0 Å². The van der Waals surface area contributed by atoms with Gasteiger partial charge in [0.25, 0.3) is 5.91 Å². The van der Waals surface area contributed by atoms with E-state index in [-0.39, 0.29) is 17.9 Å². The number of carbonyl (C=O) groups excluding carboxylic acids is 2. The summed E-state index contributed by atoms with van der Waals surface area (Å²) in [5.41, 5.74) is 0.460. The Morgan fingerprint density at radius 2 is 2.38 bits per heavy atom. The molecule has 1 aliphatic rings. The van der Waals surface area contributed by atoms with Crippen LogP contribution in [0, 0.1) is 0 Å². The van der Waals surface area contributed by atoms with E-state index in [2.05, 4.69) is 20.4 Å². The van der Waals surface area contributed by atoms with Crippen molar-refractivity contribution in [1.82, 2.24) is 25.3 Å². The molecule has 21 heavy (non-hydrogen) atoms. The molecule has 2 heterocycles. The molecule has 0 radical (unpaired) electrons. The maximum absolute atomic E-state index is 11.9. The minimum Gasteiger partial charge on any atom is -0.351 e. The lowest BCUT2D eigenvalue weighted by Crippen LogP contribution is -2.40. The van der Waals surface area contributed by atoms with E-state index in [0.717, 1.165) is 25.9 Å². The molecule has 1 saturated heterocycles. The molecule has 7 heteroatoms. The van der Waals surface area contributed by atoms with Gasteiger partial charge in [-0.2, -0.15) is 5.10 Å². The molecule has 1 aromatic rings. The Morgan fingerprint density at radius 1 is 1.57 bits per heavy atom. The zero-order valence-corrected chi connectivity index (χ0v) is 12.6. The van der Waals surface area contributed by atoms with Crippen molar-refractivity contribution in [3.63, 3.8) is 0 Å². The zero-order valence-electron chi connectivity index (χ0n) is 12.6. The van der Waals surface area contributed by atoms with Gasteiger partial charge in [-0.3, -0.25) is 14.7 Å². The zero-order chi connectivity index (χ0) is 15.2. The molecule has 1 aliphatic heterocycles. The second-order valence-corrected chi connectivity index (χ2v) is 5.60. The van der Waals surface area contributed by atoms with Crippen LogP contribution in [-0.4, -0.2) is 71.6 Å². The summed E-state index contributed by atoms with van der Waals surface area (Å²) in [5, 5.41) is 9.23. The third kappa shape index (κ3) is 4.29. The molecule has 1 fully saturated rings. The Bertz CT molecular complexity index is 472. The summed E-state index contributed by atoms with van der Waals surface area (Å²) in [6.07, 6.45) is 3.84. The Kier molecular flexibility index (Phi) is 5.32. The number of carbonyl (C=O) groups is 2. The first-order valence-electron chi connectivity index (χ1n) is 7.29. The van der Waals surface area contributed by atoms with Crippen LogP contribution in [0.3, 0.4) is 0 Å². The van der Waals surface area contributed by atoms with Gasteiger partial charge in [-0.15, -0.1) is 0 Å². The van der Waals surface area contributed by atoms with Gasteiger partial charge in [-0.25, -0.2) is 0 Å². The van der Waals surface area contributed by atoms with Crippen molar-refractivity contribution in [1.29, 1.82) is 0 Å². The molecule has 2 rings (SSSR count). The monoisotopic (exact) mass is 293 g/mol. The van der Waals surface area contributed by atoms with Gasteiger partial charge in [0.1, 0.15) is 5.69 Å². The summed E-state index contributed by atoms with van der Waals surface area (Å²) in [6.45, 7) is 2.18. The average Bonchev–Trinajstić information content (AvgIpc) is 3.07. The van der Waals surface area contributed by atoms with E-state index in [1.54, 1.807) is 12.3 Å². The van der Waals surface area contributed by atoms with Gasteiger partial charge in [0.15, 0.2) is 0 Å². The molecule has 1 unspecified atom stereocenters. The third-order valence-corrected chi connectivity index (χ3v) is 3.75. The van der Waals surface area contributed by atoms with Crippen molar-refractivity contribution in [2.45, 2.75) is 25.3 Å². The molecule has 0 saturated carbocycles. The molecule has 0 bridgehead atoms. The number of aromatic amines is 1. The quantitative estimate of drug-likeness (QED) is 0.746. The van der Waals surface area contributed by atoms with E-state index in [0.29, 0.717) is 18.7 Å². The second-order valence-electron chi connectivity index (χ2n) is 5.60. The van der Waals surface area contributed by atoms with Gasteiger partial charge in [-0.1, -0.05) is 0 Å². The minimum atomic E-state index is -0.156. The lowest BCUT2D eigenvalue weighted by Gasteiger charge is -2.26. The summed E-state index contributed by atoms with van der Waals surface area (Å²) >= 11 is 0. The van der Waals surface area contributed by atoms with Crippen molar-refractivity contribution >= 4 is 11.8 Å².